The highest BCUT2D eigenvalue weighted by molar-refractivity contribution is 7.07. The maximum atomic E-state index is 11.2. The van der Waals surface area contributed by atoms with Crippen LogP contribution in [0.25, 0.3) is 11.3 Å². The van der Waals surface area contributed by atoms with E-state index in [1.54, 1.807) is 29.5 Å². The zero-order valence-corrected chi connectivity index (χ0v) is 16.5. The minimum absolute atomic E-state index is 0.152. The van der Waals surface area contributed by atoms with Crippen LogP contribution in [0.1, 0.15) is 70.3 Å². The number of nitro groups is 1. The molecule has 0 unspecified atom stereocenters. The van der Waals surface area contributed by atoms with Crippen LogP contribution in [0, 0.1) is 10.1 Å². The Hall–Kier alpha value is -1.95. The van der Waals surface area contributed by atoms with E-state index in [1.807, 2.05) is 6.07 Å². The summed E-state index contributed by atoms with van der Waals surface area (Å²) < 4.78 is 2.40. The first-order chi connectivity index (χ1) is 13.2. The molecule has 1 aromatic heterocycles. The fourth-order valence-electron chi connectivity index (χ4n) is 4.46. The minimum Gasteiger partial charge on any atom is -0.314 e. The number of rotatable bonds is 4. The van der Waals surface area contributed by atoms with Gasteiger partial charge in [-0.3, -0.25) is 15.1 Å². The monoisotopic (exact) mass is 385 g/mol. The number of aromatic nitrogens is 1. The van der Waals surface area contributed by atoms with Crippen molar-refractivity contribution in [1.82, 2.24) is 4.57 Å². The molecule has 2 aliphatic carbocycles. The van der Waals surface area contributed by atoms with E-state index in [-0.39, 0.29) is 10.6 Å². The Bertz CT molecular complexity index is 858. The fourth-order valence-corrected chi connectivity index (χ4v) is 5.50. The predicted molar refractivity (Wildman–Crippen MR) is 109 cm³/mol. The van der Waals surface area contributed by atoms with Crippen molar-refractivity contribution in [3.63, 3.8) is 0 Å². The van der Waals surface area contributed by atoms with E-state index >= 15 is 0 Å². The lowest BCUT2D eigenvalue weighted by molar-refractivity contribution is -0.384. The second-order valence-electron chi connectivity index (χ2n) is 7.79. The van der Waals surface area contributed by atoms with Crippen LogP contribution < -0.4 is 4.80 Å². The summed E-state index contributed by atoms with van der Waals surface area (Å²) >= 11 is 1.70. The van der Waals surface area contributed by atoms with Crippen molar-refractivity contribution in [2.24, 2.45) is 4.99 Å². The van der Waals surface area contributed by atoms with Gasteiger partial charge in [-0.1, -0.05) is 50.7 Å². The summed E-state index contributed by atoms with van der Waals surface area (Å²) in [6, 6.07) is 7.93. The van der Waals surface area contributed by atoms with Crippen LogP contribution in [0.15, 0.2) is 34.6 Å². The van der Waals surface area contributed by atoms with E-state index in [0.29, 0.717) is 12.1 Å². The molecule has 0 aliphatic heterocycles. The molecule has 1 aromatic carbocycles. The molecule has 144 valence electrons. The van der Waals surface area contributed by atoms with E-state index in [4.69, 9.17) is 4.99 Å². The van der Waals surface area contributed by atoms with E-state index in [1.165, 1.54) is 64.2 Å². The van der Waals surface area contributed by atoms with Gasteiger partial charge in [-0.15, -0.1) is 11.3 Å². The molecule has 2 aliphatic rings. The molecular weight excluding hydrogens is 358 g/mol. The largest absolute Gasteiger partial charge is 0.314 e. The number of hydrogen-bond donors (Lipinski definition) is 0. The van der Waals surface area contributed by atoms with Crippen molar-refractivity contribution in [2.75, 3.05) is 0 Å². The lowest BCUT2D eigenvalue weighted by Crippen LogP contribution is -2.26. The third kappa shape index (κ3) is 4.15. The van der Waals surface area contributed by atoms with Gasteiger partial charge in [0.15, 0.2) is 4.80 Å². The summed E-state index contributed by atoms with van der Waals surface area (Å²) in [5.74, 6) is 0. The van der Waals surface area contributed by atoms with E-state index in [9.17, 15) is 10.1 Å². The van der Waals surface area contributed by atoms with Gasteiger partial charge in [0.1, 0.15) is 0 Å². The van der Waals surface area contributed by atoms with Crippen LogP contribution in [0.5, 0.6) is 0 Å². The highest BCUT2D eigenvalue weighted by Crippen LogP contribution is 2.33. The van der Waals surface area contributed by atoms with Crippen molar-refractivity contribution in [1.29, 1.82) is 0 Å². The van der Waals surface area contributed by atoms with E-state index < -0.39 is 0 Å². The van der Waals surface area contributed by atoms with Crippen LogP contribution in [0.2, 0.25) is 0 Å². The van der Waals surface area contributed by atoms with Gasteiger partial charge in [0.05, 0.1) is 16.7 Å². The Morgan fingerprint density at radius 2 is 1.74 bits per heavy atom. The topological polar surface area (TPSA) is 60.4 Å². The van der Waals surface area contributed by atoms with Crippen molar-refractivity contribution < 1.29 is 4.92 Å². The van der Waals surface area contributed by atoms with Crippen molar-refractivity contribution in [3.8, 4) is 11.3 Å². The Labute approximate surface area is 163 Å². The first-order valence-electron chi connectivity index (χ1n) is 10.2. The lowest BCUT2D eigenvalue weighted by atomic mass is 9.94. The van der Waals surface area contributed by atoms with Crippen LogP contribution in [0.4, 0.5) is 5.69 Å². The number of thiazole rings is 1. The summed E-state index contributed by atoms with van der Waals surface area (Å²) in [7, 11) is 0. The third-order valence-electron chi connectivity index (χ3n) is 5.90. The van der Waals surface area contributed by atoms with Crippen molar-refractivity contribution >= 4 is 17.0 Å². The van der Waals surface area contributed by atoms with Gasteiger partial charge in [-0.05, 0) is 25.7 Å². The maximum absolute atomic E-state index is 11.2. The molecule has 0 radical (unpaired) electrons. The standard InChI is InChI=1S/C21H27N3O2S/c25-24(26)19-13-7-8-16(14-19)20-15-27-21(22-17-9-3-1-4-10-17)23(20)18-11-5-2-6-12-18/h7-8,13-15,17-18H,1-6,9-12H2. The summed E-state index contributed by atoms with van der Waals surface area (Å²) in [6.45, 7) is 0. The maximum Gasteiger partial charge on any atom is 0.270 e. The average Bonchev–Trinajstić information content (AvgIpc) is 3.13. The van der Waals surface area contributed by atoms with Crippen LogP contribution in [-0.2, 0) is 0 Å². The summed E-state index contributed by atoms with van der Waals surface area (Å²) in [5.41, 5.74) is 2.17. The molecule has 0 saturated heterocycles. The van der Waals surface area contributed by atoms with Gasteiger partial charge in [0.25, 0.3) is 5.69 Å². The molecular formula is C21H27N3O2S. The van der Waals surface area contributed by atoms with Crippen LogP contribution in [-0.4, -0.2) is 15.5 Å². The average molecular weight is 386 g/mol. The van der Waals surface area contributed by atoms with E-state index in [2.05, 4.69) is 9.95 Å². The molecule has 0 spiro atoms. The Morgan fingerprint density at radius 1 is 1.04 bits per heavy atom. The first-order valence-corrected chi connectivity index (χ1v) is 11.1. The summed E-state index contributed by atoms with van der Waals surface area (Å²) in [6.07, 6.45) is 12.4. The van der Waals surface area contributed by atoms with Gasteiger partial charge in [0, 0.05) is 29.1 Å². The number of benzene rings is 1. The minimum atomic E-state index is -0.311. The molecule has 0 bridgehead atoms. The molecule has 27 heavy (non-hydrogen) atoms. The zero-order chi connectivity index (χ0) is 18.6. The predicted octanol–water partition coefficient (Wildman–Crippen LogP) is 5.86. The highest BCUT2D eigenvalue weighted by Gasteiger charge is 2.22. The zero-order valence-electron chi connectivity index (χ0n) is 15.7. The molecule has 4 rings (SSSR count). The molecule has 0 amide bonds. The second kappa shape index (κ2) is 8.38. The van der Waals surface area contributed by atoms with Gasteiger partial charge in [-0.25, -0.2) is 0 Å². The smallest absolute Gasteiger partial charge is 0.270 e. The quantitative estimate of drug-likeness (QED) is 0.488. The molecule has 6 heteroatoms. The van der Waals surface area contributed by atoms with E-state index in [0.717, 1.165) is 16.1 Å². The Balaban J connectivity index is 1.78. The molecule has 1 heterocycles. The normalized spacial score (nSPS) is 20.1. The Kier molecular flexibility index (Phi) is 5.72. The fraction of sp³-hybridized carbons (Fsp3) is 0.571. The van der Waals surface area contributed by atoms with Gasteiger partial charge in [0.2, 0.25) is 0 Å². The molecule has 5 nitrogen and oxygen atoms in total. The first kappa shape index (κ1) is 18.4. The third-order valence-corrected chi connectivity index (χ3v) is 6.76. The lowest BCUT2D eigenvalue weighted by Gasteiger charge is -2.26. The number of nitrogens with zero attached hydrogens (tertiary/aromatic N) is 3. The van der Waals surface area contributed by atoms with Gasteiger partial charge < -0.3 is 4.57 Å². The van der Waals surface area contributed by atoms with Crippen molar-refractivity contribution in [2.45, 2.75) is 76.3 Å². The molecule has 2 fully saturated rings. The molecule has 2 saturated carbocycles. The highest BCUT2D eigenvalue weighted by atomic mass is 32.1. The van der Waals surface area contributed by atoms with Crippen LogP contribution in [0.3, 0.4) is 0 Å². The Morgan fingerprint density at radius 3 is 2.44 bits per heavy atom. The number of nitro benzene ring substituents is 1. The van der Waals surface area contributed by atoms with Crippen molar-refractivity contribution in [3.05, 3.63) is 44.6 Å². The number of non-ortho nitro benzene ring substituents is 1. The molecule has 2 aromatic rings. The van der Waals surface area contributed by atoms with Crippen LogP contribution >= 0.6 is 11.3 Å². The molecule has 0 N–H and O–H groups in total. The SMILES string of the molecule is O=[N+]([O-])c1cccc(-c2csc(=NC3CCCCC3)n2C2CCCCC2)c1. The molecule has 0 atom stereocenters. The summed E-state index contributed by atoms with van der Waals surface area (Å²) in [4.78, 5) is 17.2. The van der Waals surface area contributed by atoms with Gasteiger partial charge in [-0.2, -0.15) is 0 Å². The van der Waals surface area contributed by atoms with Gasteiger partial charge >= 0.3 is 0 Å². The summed E-state index contributed by atoms with van der Waals surface area (Å²) in [5, 5.41) is 13.4. The number of hydrogen-bond acceptors (Lipinski definition) is 4. The second-order valence-corrected chi connectivity index (χ2v) is 8.63.